The molecule has 0 aliphatic carbocycles. The topological polar surface area (TPSA) is 42.2 Å². The number of anilines is 1. The molecule has 4 nitrogen and oxygen atoms in total. The van der Waals surface area contributed by atoms with Gasteiger partial charge in [0, 0.05) is 18.7 Å². The largest absolute Gasteiger partial charge is 0.338 e. The van der Waals surface area contributed by atoms with E-state index in [1.807, 2.05) is 6.92 Å². The van der Waals surface area contributed by atoms with Crippen molar-refractivity contribution in [2.75, 3.05) is 18.0 Å². The molecule has 15 heavy (non-hydrogen) atoms. The molecule has 1 aliphatic heterocycles. The van der Waals surface area contributed by atoms with Gasteiger partial charge in [-0.25, -0.2) is 0 Å². The molecule has 0 amide bonds. The Morgan fingerprint density at radius 2 is 2.20 bits per heavy atom. The third-order valence-electron chi connectivity index (χ3n) is 2.65. The first kappa shape index (κ1) is 10.2. The molecular formula is C11H17N3O. The minimum absolute atomic E-state index is 0.652. The van der Waals surface area contributed by atoms with Crippen LogP contribution in [0.5, 0.6) is 0 Å². The summed E-state index contributed by atoms with van der Waals surface area (Å²) in [5.41, 5.74) is 1.07. The minimum atomic E-state index is 0.652. The van der Waals surface area contributed by atoms with Crippen LogP contribution in [0.2, 0.25) is 0 Å². The summed E-state index contributed by atoms with van der Waals surface area (Å²) < 4.78 is 5.22. The van der Waals surface area contributed by atoms with Crippen molar-refractivity contribution in [1.82, 2.24) is 10.1 Å². The quantitative estimate of drug-likeness (QED) is 0.763. The van der Waals surface area contributed by atoms with Gasteiger partial charge in [-0.1, -0.05) is 13.0 Å². The van der Waals surface area contributed by atoms with Crippen molar-refractivity contribution in [3.63, 3.8) is 0 Å². The third-order valence-corrected chi connectivity index (χ3v) is 2.65. The summed E-state index contributed by atoms with van der Waals surface area (Å²) in [5, 5.41) is 4.00. The molecule has 1 aromatic rings. The Kier molecular flexibility index (Phi) is 3.04. The lowest BCUT2D eigenvalue weighted by Gasteiger charge is -2.09. The maximum absolute atomic E-state index is 5.22. The van der Waals surface area contributed by atoms with Crippen LogP contribution in [0.1, 0.15) is 39.0 Å². The Balaban J connectivity index is 2.12. The fourth-order valence-electron chi connectivity index (χ4n) is 1.81. The zero-order valence-corrected chi connectivity index (χ0v) is 9.36. The molecule has 1 aliphatic rings. The zero-order chi connectivity index (χ0) is 10.7. The molecular weight excluding hydrogens is 190 g/mol. The van der Waals surface area contributed by atoms with Crippen LogP contribution < -0.4 is 4.90 Å². The van der Waals surface area contributed by atoms with Gasteiger partial charge in [0.15, 0.2) is 0 Å². The van der Waals surface area contributed by atoms with E-state index < -0.39 is 0 Å². The van der Waals surface area contributed by atoms with E-state index in [0.29, 0.717) is 5.89 Å². The number of hydrogen-bond acceptors (Lipinski definition) is 4. The van der Waals surface area contributed by atoms with Crippen LogP contribution in [0.4, 0.5) is 5.95 Å². The molecule has 0 N–H and O–H groups in total. The number of hydrogen-bond donors (Lipinski definition) is 0. The predicted molar refractivity (Wildman–Crippen MR) is 59.7 cm³/mol. The van der Waals surface area contributed by atoms with E-state index in [0.717, 1.165) is 31.0 Å². The standard InChI is InChI=1S/C11H17N3O/c1-3-6-9(2)10-12-11(13-15-10)14-7-4-5-8-14/h6H,3-5,7-8H2,1-2H3/b9-6+. The van der Waals surface area contributed by atoms with E-state index in [9.17, 15) is 0 Å². The van der Waals surface area contributed by atoms with Crippen molar-refractivity contribution >= 4 is 11.5 Å². The van der Waals surface area contributed by atoms with E-state index in [-0.39, 0.29) is 0 Å². The summed E-state index contributed by atoms with van der Waals surface area (Å²) in [6.45, 7) is 6.21. The Labute approximate surface area is 90.0 Å². The van der Waals surface area contributed by atoms with Gasteiger partial charge >= 0.3 is 0 Å². The first-order chi connectivity index (χ1) is 7.31. The number of nitrogens with zero attached hydrogens (tertiary/aromatic N) is 3. The third kappa shape index (κ3) is 2.19. The van der Waals surface area contributed by atoms with Crippen molar-refractivity contribution < 1.29 is 4.52 Å². The molecule has 82 valence electrons. The van der Waals surface area contributed by atoms with Gasteiger partial charge in [-0.05, 0) is 31.3 Å². The lowest BCUT2D eigenvalue weighted by atomic mass is 10.2. The molecule has 2 rings (SSSR count). The Bertz CT molecular complexity index is 350. The van der Waals surface area contributed by atoms with Crippen LogP contribution in [0.25, 0.3) is 5.57 Å². The van der Waals surface area contributed by atoms with Gasteiger partial charge in [0.2, 0.25) is 0 Å². The average molecular weight is 207 g/mol. The summed E-state index contributed by atoms with van der Waals surface area (Å²) >= 11 is 0. The Morgan fingerprint density at radius 1 is 1.47 bits per heavy atom. The van der Waals surface area contributed by atoms with Gasteiger partial charge in [0.1, 0.15) is 0 Å². The van der Waals surface area contributed by atoms with Crippen molar-refractivity contribution in [2.45, 2.75) is 33.1 Å². The van der Waals surface area contributed by atoms with Crippen molar-refractivity contribution in [2.24, 2.45) is 0 Å². The van der Waals surface area contributed by atoms with E-state index in [2.05, 4.69) is 28.0 Å². The molecule has 0 spiro atoms. The van der Waals surface area contributed by atoms with E-state index in [4.69, 9.17) is 4.52 Å². The van der Waals surface area contributed by atoms with Crippen LogP contribution in [-0.2, 0) is 0 Å². The van der Waals surface area contributed by atoms with Crippen molar-refractivity contribution in [3.8, 4) is 0 Å². The average Bonchev–Trinajstić information content (AvgIpc) is 2.89. The molecule has 2 heterocycles. The first-order valence-corrected chi connectivity index (χ1v) is 5.57. The molecule has 0 unspecified atom stereocenters. The smallest absolute Gasteiger partial charge is 0.266 e. The fourth-order valence-corrected chi connectivity index (χ4v) is 1.81. The van der Waals surface area contributed by atoms with Crippen LogP contribution in [0.15, 0.2) is 10.6 Å². The highest BCUT2D eigenvalue weighted by Gasteiger charge is 2.18. The molecule has 0 saturated carbocycles. The maximum Gasteiger partial charge on any atom is 0.266 e. The van der Waals surface area contributed by atoms with Crippen LogP contribution in [-0.4, -0.2) is 23.2 Å². The SMILES string of the molecule is CC/C=C(\C)c1nc(N2CCCC2)no1. The molecule has 0 bridgehead atoms. The maximum atomic E-state index is 5.22. The normalized spacial score (nSPS) is 17.5. The van der Waals surface area contributed by atoms with Crippen LogP contribution in [0, 0.1) is 0 Å². The monoisotopic (exact) mass is 207 g/mol. The lowest BCUT2D eigenvalue weighted by molar-refractivity contribution is 0.406. The lowest BCUT2D eigenvalue weighted by Crippen LogP contribution is -2.18. The van der Waals surface area contributed by atoms with Crippen LogP contribution >= 0.6 is 0 Å². The van der Waals surface area contributed by atoms with Crippen molar-refractivity contribution in [3.05, 3.63) is 12.0 Å². The number of rotatable bonds is 3. The zero-order valence-electron chi connectivity index (χ0n) is 9.36. The van der Waals surface area contributed by atoms with Gasteiger partial charge in [-0.15, -0.1) is 0 Å². The highest BCUT2D eigenvalue weighted by Crippen LogP contribution is 2.19. The van der Waals surface area contributed by atoms with Gasteiger partial charge in [-0.2, -0.15) is 4.98 Å². The molecule has 0 radical (unpaired) electrons. The highest BCUT2D eigenvalue weighted by atomic mass is 16.5. The molecule has 1 saturated heterocycles. The van der Waals surface area contributed by atoms with E-state index in [1.54, 1.807) is 0 Å². The molecule has 4 heteroatoms. The minimum Gasteiger partial charge on any atom is -0.338 e. The number of allylic oxidation sites excluding steroid dienone is 2. The summed E-state index contributed by atoms with van der Waals surface area (Å²) in [4.78, 5) is 6.56. The van der Waals surface area contributed by atoms with Gasteiger partial charge < -0.3 is 9.42 Å². The summed E-state index contributed by atoms with van der Waals surface area (Å²) in [6.07, 6.45) is 5.55. The molecule has 1 fully saturated rings. The molecule has 1 aromatic heterocycles. The van der Waals surface area contributed by atoms with Crippen molar-refractivity contribution in [1.29, 1.82) is 0 Å². The first-order valence-electron chi connectivity index (χ1n) is 5.57. The summed E-state index contributed by atoms with van der Waals surface area (Å²) in [5.74, 6) is 1.39. The number of aromatic nitrogens is 2. The second-order valence-electron chi connectivity index (χ2n) is 3.89. The molecule has 0 aromatic carbocycles. The Hall–Kier alpha value is -1.32. The summed E-state index contributed by atoms with van der Waals surface area (Å²) in [6, 6.07) is 0. The second kappa shape index (κ2) is 4.47. The highest BCUT2D eigenvalue weighted by molar-refractivity contribution is 5.56. The van der Waals surface area contributed by atoms with Gasteiger partial charge in [0.05, 0.1) is 0 Å². The molecule has 0 atom stereocenters. The van der Waals surface area contributed by atoms with Gasteiger partial charge in [0.25, 0.3) is 11.8 Å². The second-order valence-corrected chi connectivity index (χ2v) is 3.89. The fraction of sp³-hybridized carbons (Fsp3) is 0.636. The van der Waals surface area contributed by atoms with E-state index in [1.165, 1.54) is 12.8 Å². The summed E-state index contributed by atoms with van der Waals surface area (Å²) in [7, 11) is 0. The predicted octanol–water partition coefficient (Wildman–Crippen LogP) is 2.48. The van der Waals surface area contributed by atoms with E-state index >= 15 is 0 Å². The Morgan fingerprint density at radius 3 is 2.87 bits per heavy atom. The van der Waals surface area contributed by atoms with Gasteiger partial charge in [-0.3, -0.25) is 0 Å². The van der Waals surface area contributed by atoms with Crippen LogP contribution in [0.3, 0.4) is 0 Å².